The topological polar surface area (TPSA) is 29.5 Å². The lowest BCUT2D eigenvalue weighted by Gasteiger charge is -2.37. The minimum atomic E-state index is -0.147. The number of rotatable bonds is 2. The minimum absolute atomic E-state index is 0.0864. The van der Waals surface area contributed by atoms with Crippen LogP contribution in [0.1, 0.15) is 39.5 Å². The quantitative estimate of drug-likeness (QED) is 0.673. The summed E-state index contributed by atoms with van der Waals surface area (Å²) in [6, 6.07) is 0. The summed E-state index contributed by atoms with van der Waals surface area (Å²) in [5.74, 6) is 0. The number of carbonyl (C=O) groups is 1. The number of cyclic esters (lactones) is 1. The molecule has 3 heteroatoms. The Labute approximate surface area is 97.5 Å². The first kappa shape index (κ1) is 11.5. The maximum atomic E-state index is 11.6. The fourth-order valence-electron chi connectivity index (χ4n) is 2.39. The molecule has 1 aliphatic heterocycles. The molecule has 2 aliphatic rings. The zero-order valence-electron chi connectivity index (χ0n) is 10.3. The molecule has 0 radical (unpaired) electrons. The van der Waals surface area contributed by atoms with Gasteiger partial charge in [-0.25, -0.2) is 4.79 Å². The van der Waals surface area contributed by atoms with Crippen LogP contribution in [-0.2, 0) is 4.74 Å². The third-order valence-corrected chi connectivity index (χ3v) is 3.24. The molecule has 3 nitrogen and oxygen atoms in total. The Morgan fingerprint density at radius 2 is 2.25 bits per heavy atom. The molecule has 1 saturated heterocycles. The fraction of sp³-hybridized carbons (Fsp3) is 0.769. The van der Waals surface area contributed by atoms with Crippen LogP contribution < -0.4 is 0 Å². The van der Waals surface area contributed by atoms with Gasteiger partial charge in [0.2, 0.25) is 0 Å². The second-order valence-electron chi connectivity index (χ2n) is 5.68. The molecule has 16 heavy (non-hydrogen) atoms. The number of amides is 1. The molecule has 0 atom stereocenters. The molecule has 0 aromatic rings. The van der Waals surface area contributed by atoms with Crippen molar-refractivity contribution in [2.75, 3.05) is 19.7 Å². The van der Waals surface area contributed by atoms with Gasteiger partial charge >= 0.3 is 6.09 Å². The van der Waals surface area contributed by atoms with Gasteiger partial charge in [-0.15, -0.1) is 0 Å². The van der Waals surface area contributed by atoms with Crippen LogP contribution in [-0.4, -0.2) is 30.7 Å². The van der Waals surface area contributed by atoms with E-state index in [0.717, 1.165) is 19.5 Å². The van der Waals surface area contributed by atoms with Crippen LogP contribution in [0.2, 0.25) is 0 Å². The SMILES string of the molecule is CC1(C)COC(=O)N(CC2=CCCCC2)C1. The zero-order valence-corrected chi connectivity index (χ0v) is 10.3. The third kappa shape index (κ3) is 2.77. The Balaban J connectivity index is 1.96. The molecule has 0 N–H and O–H groups in total. The molecule has 0 saturated carbocycles. The smallest absolute Gasteiger partial charge is 0.410 e. The lowest BCUT2D eigenvalue weighted by Crippen LogP contribution is -2.48. The minimum Gasteiger partial charge on any atom is -0.449 e. The molecule has 90 valence electrons. The number of carbonyl (C=O) groups excluding carboxylic acids is 1. The van der Waals surface area contributed by atoms with E-state index in [9.17, 15) is 4.79 Å². The molecule has 2 rings (SSSR count). The van der Waals surface area contributed by atoms with Crippen LogP contribution in [0.25, 0.3) is 0 Å². The number of ether oxygens (including phenoxy) is 1. The summed E-state index contributed by atoms with van der Waals surface area (Å²) in [6.45, 7) is 6.40. The monoisotopic (exact) mass is 223 g/mol. The van der Waals surface area contributed by atoms with Crippen molar-refractivity contribution in [1.29, 1.82) is 0 Å². The Morgan fingerprint density at radius 3 is 2.94 bits per heavy atom. The Kier molecular flexibility index (Phi) is 3.22. The summed E-state index contributed by atoms with van der Waals surface area (Å²) in [5, 5.41) is 0. The summed E-state index contributed by atoms with van der Waals surface area (Å²) in [7, 11) is 0. The number of hydrogen-bond donors (Lipinski definition) is 0. The normalized spacial score (nSPS) is 25.0. The standard InChI is InChI=1S/C13H21NO2/c1-13(2)9-14(12(15)16-10-13)8-11-6-4-3-5-7-11/h6H,3-5,7-10H2,1-2H3. The van der Waals surface area contributed by atoms with E-state index in [-0.39, 0.29) is 11.5 Å². The van der Waals surface area contributed by atoms with Crippen LogP contribution in [0, 0.1) is 5.41 Å². The Bertz CT molecular complexity index is 307. The largest absolute Gasteiger partial charge is 0.449 e. The molecule has 1 amide bonds. The van der Waals surface area contributed by atoms with E-state index >= 15 is 0 Å². The van der Waals surface area contributed by atoms with Crippen LogP contribution in [0.4, 0.5) is 4.79 Å². The molecule has 0 unspecified atom stereocenters. The molecule has 1 heterocycles. The van der Waals surface area contributed by atoms with E-state index in [1.54, 1.807) is 0 Å². The van der Waals surface area contributed by atoms with E-state index in [0.29, 0.717) is 6.61 Å². The maximum absolute atomic E-state index is 11.6. The first-order valence-electron chi connectivity index (χ1n) is 6.16. The summed E-state index contributed by atoms with van der Waals surface area (Å²) in [6.07, 6.45) is 7.01. The van der Waals surface area contributed by atoms with Crippen LogP contribution in [0.3, 0.4) is 0 Å². The lowest BCUT2D eigenvalue weighted by molar-refractivity contribution is 0.0126. The highest BCUT2D eigenvalue weighted by molar-refractivity contribution is 5.69. The van der Waals surface area contributed by atoms with Crippen LogP contribution in [0.5, 0.6) is 0 Å². The predicted molar refractivity (Wildman–Crippen MR) is 63.3 cm³/mol. The van der Waals surface area contributed by atoms with Crippen molar-refractivity contribution >= 4 is 6.09 Å². The first-order chi connectivity index (χ1) is 7.57. The number of hydrogen-bond acceptors (Lipinski definition) is 2. The van der Waals surface area contributed by atoms with Gasteiger partial charge in [-0.3, -0.25) is 0 Å². The van der Waals surface area contributed by atoms with Gasteiger partial charge in [-0.1, -0.05) is 25.5 Å². The van der Waals surface area contributed by atoms with Crippen LogP contribution in [0.15, 0.2) is 11.6 Å². The van der Waals surface area contributed by atoms with Gasteiger partial charge < -0.3 is 9.64 Å². The third-order valence-electron chi connectivity index (χ3n) is 3.24. The highest BCUT2D eigenvalue weighted by Crippen LogP contribution is 2.25. The average Bonchev–Trinajstić information content (AvgIpc) is 2.25. The highest BCUT2D eigenvalue weighted by Gasteiger charge is 2.32. The summed E-state index contributed by atoms with van der Waals surface area (Å²) < 4.78 is 5.21. The van der Waals surface area contributed by atoms with E-state index in [2.05, 4.69) is 19.9 Å². The molecule has 0 bridgehead atoms. The van der Waals surface area contributed by atoms with Gasteiger partial charge in [-0.2, -0.15) is 0 Å². The molecular weight excluding hydrogens is 202 g/mol. The number of allylic oxidation sites excluding steroid dienone is 1. The van der Waals surface area contributed by atoms with Crippen molar-refractivity contribution < 1.29 is 9.53 Å². The zero-order chi connectivity index (χ0) is 11.6. The highest BCUT2D eigenvalue weighted by atomic mass is 16.6. The van der Waals surface area contributed by atoms with Gasteiger partial charge in [0.15, 0.2) is 0 Å². The number of nitrogens with zero attached hydrogens (tertiary/aromatic N) is 1. The van der Waals surface area contributed by atoms with Crippen molar-refractivity contribution in [3.63, 3.8) is 0 Å². The van der Waals surface area contributed by atoms with Gasteiger partial charge in [0.05, 0.1) is 6.61 Å². The van der Waals surface area contributed by atoms with E-state index in [1.165, 1.54) is 24.8 Å². The van der Waals surface area contributed by atoms with Crippen molar-refractivity contribution in [2.45, 2.75) is 39.5 Å². The molecule has 0 aromatic carbocycles. The second kappa shape index (κ2) is 4.48. The van der Waals surface area contributed by atoms with Gasteiger partial charge in [0, 0.05) is 18.5 Å². The maximum Gasteiger partial charge on any atom is 0.410 e. The van der Waals surface area contributed by atoms with E-state index < -0.39 is 0 Å². The van der Waals surface area contributed by atoms with Crippen LogP contribution >= 0.6 is 0 Å². The van der Waals surface area contributed by atoms with E-state index in [4.69, 9.17) is 4.74 Å². The summed E-state index contributed by atoms with van der Waals surface area (Å²) in [4.78, 5) is 13.5. The second-order valence-corrected chi connectivity index (χ2v) is 5.68. The van der Waals surface area contributed by atoms with Crippen molar-refractivity contribution in [2.24, 2.45) is 5.41 Å². The first-order valence-corrected chi connectivity index (χ1v) is 6.16. The molecule has 1 fully saturated rings. The predicted octanol–water partition coefficient (Wildman–Crippen LogP) is 2.97. The van der Waals surface area contributed by atoms with Crippen molar-refractivity contribution in [3.05, 3.63) is 11.6 Å². The molecule has 0 spiro atoms. The summed E-state index contributed by atoms with van der Waals surface area (Å²) >= 11 is 0. The van der Waals surface area contributed by atoms with Crippen molar-refractivity contribution in [1.82, 2.24) is 4.90 Å². The lowest BCUT2D eigenvalue weighted by atomic mass is 9.92. The van der Waals surface area contributed by atoms with E-state index in [1.807, 2.05) is 4.90 Å². The van der Waals surface area contributed by atoms with Crippen molar-refractivity contribution in [3.8, 4) is 0 Å². The molecular formula is C13H21NO2. The fourth-order valence-corrected chi connectivity index (χ4v) is 2.39. The molecule has 0 aromatic heterocycles. The molecule has 1 aliphatic carbocycles. The average molecular weight is 223 g/mol. The Morgan fingerprint density at radius 1 is 1.44 bits per heavy atom. The summed E-state index contributed by atoms with van der Waals surface area (Å²) in [5.41, 5.74) is 1.49. The van der Waals surface area contributed by atoms with Gasteiger partial charge in [0.1, 0.15) is 0 Å². The van der Waals surface area contributed by atoms with Gasteiger partial charge in [-0.05, 0) is 25.7 Å². The van der Waals surface area contributed by atoms with Gasteiger partial charge in [0.25, 0.3) is 0 Å². The Hall–Kier alpha value is -0.990.